The largest absolute Gasteiger partial charge is 0.493 e. The molecule has 3 rings (SSSR count). The van der Waals surface area contributed by atoms with E-state index in [1.165, 1.54) is 32.6 Å². The third-order valence-corrected chi connectivity index (χ3v) is 4.91. The van der Waals surface area contributed by atoms with Crippen LogP contribution in [0.4, 0.5) is 4.39 Å². The van der Waals surface area contributed by atoms with Crippen LogP contribution in [0.3, 0.4) is 0 Å². The van der Waals surface area contributed by atoms with E-state index in [0.29, 0.717) is 29.4 Å². The Morgan fingerprint density at radius 2 is 1.71 bits per heavy atom. The molecule has 1 amide bonds. The van der Waals surface area contributed by atoms with Crippen molar-refractivity contribution in [1.82, 2.24) is 5.43 Å². The Bertz CT molecular complexity index is 1090. The molecule has 0 saturated heterocycles. The molecule has 3 aromatic rings. The molecule has 8 heteroatoms. The second-order valence-corrected chi connectivity index (χ2v) is 7.23. The summed E-state index contributed by atoms with van der Waals surface area (Å²) in [5.74, 6) is 0.964. The first-order valence-electron chi connectivity index (χ1n) is 9.22. The van der Waals surface area contributed by atoms with Crippen molar-refractivity contribution in [2.75, 3.05) is 14.2 Å². The van der Waals surface area contributed by atoms with E-state index in [0.717, 1.165) is 15.6 Å². The van der Waals surface area contributed by atoms with Crippen LogP contribution in [0.5, 0.6) is 17.2 Å². The van der Waals surface area contributed by atoms with Crippen molar-refractivity contribution in [2.24, 2.45) is 5.10 Å². The molecule has 3 aromatic carbocycles. The lowest BCUT2D eigenvalue weighted by Gasteiger charge is -2.09. The van der Waals surface area contributed by atoms with Gasteiger partial charge >= 0.3 is 0 Å². The van der Waals surface area contributed by atoms with Gasteiger partial charge < -0.3 is 14.2 Å². The number of hydrazone groups is 1. The maximum atomic E-state index is 13.0. The maximum absolute atomic E-state index is 13.0. The van der Waals surface area contributed by atoms with E-state index in [1.807, 2.05) is 6.07 Å². The molecule has 0 unspecified atom stereocenters. The second-order valence-electron chi connectivity index (χ2n) is 6.37. The van der Waals surface area contributed by atoms with Crippen molar-refractivity contribution in [1.29, 1.82) is 0 Å². The summed E-state index contributed by atoms with van der Waals surface area (Å²) in [6.45, 7) is 0.313. The number of hydrogen-bond donors (Lipinski definition) is 1. The van der Waals surface area contributed by atoms with E-state index in [4.69, 9.17) is 14.2 Å². The van der Waals surface area contributed by atoms with Crippen LogP contribution in [0.15, 0.2) is 70.2 Å². The summed E-state index contributed by atoms with van der Waals surface area (Å²) in [7, 11) is 3.03. The molecule has 0 atom stereocenters. The van der Waals surface area contributed by atoms with E-state index in [2.05, 4.69) is 26.5 Å². The quantitative estimate of drug-likeness (QED) is 0.361. The van der Waals surface area contributed by atoms with Gasteiger partial charge in [-0.2, -0.15) is 5.10 Å². The number of hydrogen-bond acceptors (Lipinski definition) is 5. The smallest absolute Gasteiger partial charge is 0.271 e. The zero-order valence-electron chi connectivity index (χ0n) is 16.9. The van der Waals surface area contributed by atoms with Crippen molar-refractivity contribution >= 4 is 28.1 Å². The first kappa shape index (κ1) is 22.3. The highest BCUT2D eigenvalue weighted by atomic mass is 79.9. The Morgan fingerprint density at radius 1 is 1.00 bits per heavy atom. The van der Waals surface area contributed by atoms with Gasteiger partial charge in [0.05, 0.1) is 24.9 Å². The van der Waals surface area contributed by atoms with E-state index in [1.54, 1.807) is 42.5 Å². The molecule has 0 bridgehead atoms. The Balaban J connectivity index is 1.59. The fraction of sp³-hybridized carbons (Fsp3) is 0.130. The Morgan fingerprint density at radius 3 is 2.39 bits per heavy atom. The fourth-order valence-electron chi connectivity index (χ4n) is 2.66. The number of nitrogens with zero attached hydrogens (tertiary/aromatic N) is 1. The van der Waals surface area contributed by atoms with Crippen molar-refractivity contribution in [2.45, 2.75) is 6.61 Å². The number of ether oxygens (including phenoxy) is 3. The van der Waals surface area contributed by atoms with Crippen molar-refractivity contribution in [3.8, 4) is 17.2 Å². The summed E-state index contributed by atoms with van der Waals surface area (Å²) >= 11 is 3.46. The molecule has 6 nitrogen and oxygen atoms in total. The Labute approximate surface area is 187 Å². The molecule has 0 aliphatic rings. The average Bonchev–Trinajstić information content (AvgIpc) is 2.79. The first-order valence-corrected chi connectivity index (χ1v) is 10.0. The molecule has 0 aliphatic heterocycles. The Hall–Kier alpha value is -3.39. The zero-order valence-corrected chi connectivity index (χ0v) is 18.5. The number of amides is 1. The van der Waals surface area contributed by atoms with Gasteiger partial charge in [0.1, 0.15) is 18.2 Å². The molecule has 1 N–H and O–H groups in total. The van der Waals surface area contributed by atoms with E-state index >= 15 is 0 Å². The topological polar surface area (TPSA) is 69.2 Å². The lowest BCUT2D eigenvalue weighted by atomic mass is 10.2. The number of carbonyl (C=O) groups excluding carboxylic acids is 1. The number of methoxy groups -OCH3 is 2. The van der Waals surface area contributed by atoms with E-state index < -0.39 is 0 Å². The van der Waals surface area contributed by atoms with Crippen LogP contribution in [-0.2, 0) is 6.61 Å². The summed E-state index contributed by atoms with van der Waals surface area (Å²) in [5.41, 5.74) is 4.48. The molecule has 31 heavy (non-hydrogen) atoms. The highest BCUT2D eigenvalue weighted by Gasteiger charge is 2.10. The minimum Gasteiger partial charge on any atom is -0.493 e. The van der Waals surface area contributed by atoms with Crippen LogP contribution < -0.4 is 19.6 Å². The average molecular weight is 487 g/mol. The minimum absolute atomic E-state index is 0.285. The third kappa shape index (κ3) is 6.05. The molecular weight excluding hydrogens is 467 g/mol. The van der Waals surface area contributed by atoms with Gasteiger partial charge in [-0.1, -0.05) is 12.1 Å². The highest BCUT2D eigenvalue weighted by molar-refractivity contribution is 9.10. The number of halogens is 2. The number of benzene rings is 3. The van der Waals surface area contributed by atoms with Crippen LogP contribution in [0.1, 0.15) is 21.5 Å². The van der Waals surface area contributed by atoms with Gasteiger partial charge in [-0.25, -0.2) is 9.82 Å². The molecule has 0 heterocycles. The van der Waals surface area contributed by atoms with Crippen LogP contribution in [0.25, 0.3) is 0 Å². The normalized spacial score (nSPS) is 10.7. The summed E-state index contributed by atoms with van der Waals surface area (Å²) in [6, 6.07) is 16.4. The number of nitrogens with one attached hydrogen (secondary N) is 1. The molecule has 0 saturated carbocycles. The zero-order chi connectivity index (χ0) is 22.2. The van der Waals surface area contributed by atoms with E-state index in [9.17, 15) is 9.18 Å². The van der Waals surface area contributed by atoms with Crippen LogP contribution in [-0.4, -0.2) is 26.3 Å². The summed E-state index contributed by atoms with van der Waals surface area (Å²) in [4.78, 5) is 12.3. The van der Waals surface area contributed by atoms with E-state index in [-0.39, 0.29) is 11.7 Å². The third-order valence-electron chi connectivity index (χ3n) is 4.29. The van der Waals surface area contributed by atoms with Gasteiger partial charge in [0.2, 0.25) is 0 Å². The summed E-state index contributed by atoms with van der Waals surface area (Å²) in [6.07, 6.45) is 1.52. The van der Waals surface area contributed by atoms with Gasteiger partial charge in [-0.15, -0.1) is 0 Å². The van der Waals surface area contributed by atoms with Gasteiger partial charge in [0, 0.05) is 5.56 Å². The van der Waals surface area contributed by atoms with Gasteiger partial charge in [0.15, 0.2) is 11.5 Å². The Kier molecular flexibility index (Phi) is 7.61. The monoisotopic (exact) mass is 486 g/mol. The first-order chi connectivity index (χ1) is 15.0. The van der Waals surface area contributed by atoms with Crippen LogP contribution in [0, 0.1) is 5.82 Å². The van der Waals surface area contributed by atoms with Gasteiger partial charge in [0.25, 0.3) is 5.91 Å². The lowest BCUT2D eigenvalue weighted by molar-refractivity contribution is 0.0954. The molecule has 0 aliphatic carbocycles. The predicted molar refractivity (Wildman–Crippen MR) is 119 cm³/mol. The highest BCUT2D eigenvalue weighted by Crippen LogP contribution is 2.28. The predicted octanol–water partition coefficient (Wildman–Crippen LogP) is 4.95. The SMILES string of the molecule is COc1ccc(C(=O)N/N=C/c2ccc(OCc3ccc(F)cc3)c(Br)c2)cc1OC. The second kappa shape index (κ2) is 10.6. The molecule has 0 radical (unpaired) electrons. The maximum Gasteiger partial charge on any atom is 0.271 e. The number of rotatable bonds is 8. The molecule has 0 spiro atoms. The summed E-state index contributed by atoms with van der Waals surface area (Å²) in [5, 5.41) is 3.99. The van der Waals surface area contributed by atoms with Crippen LogP contribution in [0.2, 0.25) is 0 Å². The fourth-order valence-corrected chi connectivity index (χ4v) is 3.17. The molecule has 0 aromatic heterocycles. The molecule has 0 fully saturated rings. The number of carbonyl (C=O) groups is 1. The lowest BCUT2D eigenvalue weighted by Crippen LogP contribution is -2.17. The van der Waals surface area contributed by atoms with Crippen molar-refractivity contribution in [3.63, 3.8) is 0 Å². The van der Waals surface area contributed by atoms with Gasteiger partial charge in [-0.05, 0) is 75.6 Å². The van der Waals surface area contributed by atoms with Crippen molar-refractivity contribution in [3.05, 3.63) is 87.6 Å². The standard InChI is InChI=1S/C23H20BrFN2O4/c1-29-21-10-6-17(12-22(21)30-2)23(28)27-26-13-16-5-9-20(19(24)11-16)31-14-15-3-7-18(25)8-4-15/h3-13H,14H2,1-2H3,(H,27,28)/b26-13+. The summed E-state index contributed by atoms with van der Waals surface area (Å²) < 4.78 is 29.8. The minimum atomic E-state index is -0.379. The van der Waals surface area contributed by atoms with Gasteiger partial charge in [-0.3, -0.25) is 4.79 Å². The molecule has 160 valence electrons. The van der Waals surface area contributed by atoms with Crippen molar-refractivity contribution < 1.29 is 23.4 Å². The molecular formula is C23H20BrFN2O4. The van der Waals surface area contributed by atoms with Crippen LogP contribution >= 0.6 is 15.9 Å².